The first-order chi connectivity index (χ1) is 13.2. The predicted octanol–water partition coefficient (Wildman–Crippen LogP) is 3.67. The molecule has 0 aliphatic heterocycles. The number of ether oxygens (including phenoxy) is 2. The highest BCUT2D eigenvalue weighted by molar-refractivity contribution is 5.63. The summed E-state index contributed by atoms with van der Waals surface area (Å²) < 4.78 is 17.8. The van der Waals surface area contributed by atoms with E-state index < -0.39 is 0 Å². The van der Waals surface area contributed by atoms with Crippen LogP contribution in [-0.2, 0) is 6.54 Å². The molecule has 0 spiro atoms. The largest absolute Gasteiger partial charge is 0.497 e. The van der Waals surface area contributed by atoms with Gasteiger partial charge in [-0.1, -0.05) is 40.7 Å². The molecule has 0 fully saturated rings. The SMILES string of the molecule is COc1cc(OC)cc(-c2cn(Cc3cc(-c4ccccc4)no3)nn2)c1. The van der Waals surface area contributed by atoms with Gasteiger partial charge in [-0.05, 0) is 12.1 Å². The van der Waals surface area contributed by atoms with Crippen molar-refractivity contribution in [3.63, 3.8) is 0 Å². The summed E-state index contributed by atoms with van der Waals surface area (Å²) in [6.07, 6.45) is 1.85. The van der Waals surface area contributed by atoms with Gasteiger partial charge in [0.1, 0.15) is 29.4 Å². The molecule has 0 saturated carbocycles. The fraction of sp³-hybridized carbons (Fsp3) is 0.150. The highest BCUT2D eigenvalue weighted by Gasteiger charge is 2.11. The van der Waals surface area contributed by atoms with E-state index in [-0.39, 0.29) is 0 Å². The maximum absolute atomic E-state index is 5.43. The molecule has 4 rings (SSSR count). The number of methoxy groups -OCH3 is 2. The van der Waals surface area contributed by atoms with Crippen LogP contribution in [0, 0.1) is 0 Å². The summed E-state index contributed by atoms with van der Waals surface area (Å²) in [7, 11) is 3.23. The Bertz CT molecular complexity index is 1020. The second-order valence-electron chi connectivity index (χ2n) is 5.95. The number of benzene rings is 2. The first-order valence-electron chi connectivity index (χ1n) is 8.40. The van der Waals surface area contributed by atoms with E-state index >= 15 is 0 Å². The van der Waals surface area contributed by atoms with Crippen molar-refractivity contribution in [2.45, 2.75) is 6.54 Å². The summed E-state index contributed by atoms with van der Waals surface area (Å²) in [6.45, 7) is 0.438. The molecule has 136 valence electrons. The van der Waals surface area contributed by atoms with Crippen molar-refractivity contribution >= 4 is 0 Å². The highest BCUT2D eigenvalue weighted by Crippen LogP contribution is 2.28. The molecule has 0 radical (unpaired) electrons. The first kappa shape index (κ1) is 16.8. The molecule has 27 heavy (non-hydrogen) atoms. The van der Waals surface area contributed by atoms with Crippen LogP contribution in [0.2, 0.25) is 0 Å². The van der Waals surface area contributed by atoms with Crippen LogP contribution in [0.25, 0.3) is 22.5 Å². The van der Waals surface area contributed by atoms with Crippen LogP contribution in [0.5, 0.6) is 11.5 Å². The Kier molecular flexibility index (Phi) is 4.57. The van der Waals surface area contributed by atoms with Crippen LogP contribution in [0.3, 0.4) is 0 Å². The molecule has 0 atom stereocenters. The van der Waals surface area contributed by atoms with E-state index in [0.29, 0.717) is 23.8 Å². The Labute approximate surface area is 156 Å². The molecule has 0 aliphatic rings. The molecule has 7 nitrogen and oxygen atoms in total. The fourth-order valence-corrected chi connectivity index (χ4v) is 2.76. The molecule has 0 N–H and O–H groups in total. The number of hydrogen-bond donors (Lipinski definition) is 0. The highest BCUT2D eigenvalue weighted by atomic mass is 16.5. The van der Waals surface area contributed by atoms with Crippen LogP contribution in [0.15, 0.2) is 65.3 Å². The maximum atomic E-state index is 5.43. The first-order valence-corrected chi connectivity index (χ1v) is 8.40. The quantitative estimate of drug-likeness (QED) is 0.521. The normalized spacial score (nSPS) is 10.7. The smallest absolute Gasteiger partial charge is 0.158 e. The lowest BCUT2D eigenvalue weighted by atomic mass is 10.1. The van der Waals surface area contributed by atoms with Crippen molar-refractivity contribution in [2.75, 3.05) is 14.2 Å². The summed E-state index contributed by atoms with van der Waals surface area (Å²) in [6, 6.07) is 17.4. The minimum atomic E-state index is 0.438. The van der Waals surface area contributed by atoms with Gasteiger partial charge in [-0.15, -0.1) is 5.10 Å². The van der Waals surface area contributed by atoms with Crippen molar-refractivity contribution in [1.82, 2.24) is 20.2 Å². The van der Waals surface area contributed by atoms with Crippen molar-refractivity contribution < 1.29 is 14.0 Å². The number of rotatable bonds is 6. The standard InChI is InChI=1S/C20H18N4O3/c1-25-16-8-15(9-17(10-16)26-2)20-13-24(23-21-20)12-18-11-19(22-27-18)14-6-4-3-5-7-14/h3-11,13H,12H2,1-2H3. The number of nitrogens with zero attached hydrogens (tertiary/aromatic N) is 4. The summed E-state index contributed by atoms with van der Waals surface area (Å²) in [4.78, 5) is 0. The van der Waals surface area contributed by atoms with Gasteiger partial charge in [0.05, 0.1) is 20.4 Å². The van der Waals surface area contributed by atoms with Crippen LogP contribution >= 0.6 is 0 Å². The van der Waals surface area contributed by atoms with Crippen LogP contribution in [0.1, 0.15) is 5.76 Å². The molecular weight excluding hydrogens is 344 g/mol. The molecule has 7 heteroatoms. The lowest BCUT2D eigenvalue weighted by Gasteiger charge is -2.06. The van der Waals surface area contributed by atoms with Crippen LogP contribution in [0.4, 0.5) is 0 Å². The van der Waals surface area contributed by atoms with Gasteiger partial charge >= 0.3 is 0 Å². The van der Waals surface area contributed by atoms with Gasteiger partial charge in [0.2, 0.25) is 0 Å². The van der Waals surface area contributed by atoms with Crippen molar-refractivity contribution in [3.05, 3.63) is 66.6 Å². The van der Waals surface area contributed by atoms with Gasteiger partial charge in [-0.3, -0.25) is 0 Å². The minimum absolute atomic E-state index is 0.438. The maximum Gasteiger partial charge on any atom is 0.158 e. The van der Waals surface area contributed by atoms with E-state index in [2.05, 4.69) is 15.5 Å². The summed E-state index contributed by atoms with van der Waals surface area (Å²) >= 11 is 0. The van der Waals surface area contributed by atoms with E-state index in [1.165, 1.54) is 0 Å². The van der Waals surface area contributed by atoms with Gasteiger partial charge in [0, 0.05) is 23.3 Å². The average molecular weight is 362 g/mol. The summed E-state index contributed by atoms with van der Waals surface area (Å²) in [5.74, 6) is 2.09. The Hall–Kier alpha value is -3.61. The summed E-state index contributed by atoms with van der Waals surface area (Å²) in [5.41, 5.74) is 3.38. The molecule has 0 aliphatic carbocycles. The van der Waals surface area contributed by atoms with Crippen molar-refractivity contribution in [2.24, 2.45) is 0 Å². The van der Waals surface area contributed by atoms with Gasteiger partial charge < -0.3 is 14.0 Å². The third kappa shape index (κ3) is 3.67. The second-order valence-corrected chi connectivity index (χ2v) is 5.95. The third-order valence-electron chi connectivity index (χ3n) is 4.13. The Morgan fingerprint density at radius 1 is 0.889 bits per heavy atom. The average Bonchev–Trinajstić information content (AvgIpc) is 3.38. The topological polar surface area (TPSA) is 75.2 Å². The van der Waals surface area contributed by atoms with E-state index in [0.717, 1.165) is 22.5 Å². The molecular formula is C20H18N4O3. The zero-order valence-corrected chi connectivity index (χ0v) is 15.0. The van der Waals surface area contributed by atoms with Gasteiger partial charge in [-0.2, -0.15) is 0 Å². The van der Waals surface area contributed by atoms with Crippen molar-refractivity contribution in [1.29, 1.82) is 0 Å². The number of aromatic nitrogens is 4. The van der Waals surface area contributed by atoms with E-state index in [4.69, 9.17) is 14.0 Å². The van der Waals surface area contributed by atoms with Crippen molar-refractivity contribution in [3.8, 4) is 34.0 Å². The molecule has 0 unspecified atom stereocenters. The lowest BCUT2D eigenvalue weighted by Crippen LogP contribution is -1.98. The minimum Gasteiger partial charge on any atom is -0.497 e. The Morgan fingerprint density at radius 3 is 2.33 bits per heavy atom. The fourth-order valence-electron chi connectivity index (χ4n) is 2.76. The lowest BCUT2D eigenvalue weighted by molar-refractivity contribution is 0.372. The van der Waals surface area contributed by atoms with E-state index in [1.807, 2.05) is 60.8 Å². The molecule has 2 aromatic heterocycles. The molecule has 0 amide bonds. The van der Waals surface area contributed by atoms with Crippen LogP contribution < -0.4 is 9.47 Å². The van der Waals surface area contributed by atoms with E-state index in [9.17, 15) is 0 Å². The van der Waals surface area contributed by atoms with Gasteiger partial charge in [-0.25, -0.2) is 4.68 Å². The Balaban J connectivity index is 1.55. The zero-order chi connectivity index (χ0) is 18.6. The summed E-state index contributed by atoms with van der Waals surface area (Å²) in [5, 5.41) is 12.5. The molecule has 2 heterocycles. The molecule has 0 bridgehead atoms. The third-order valence-corrected chi connectivity index (χ3v) is 4.13. The van der Waals surface area contributed by atoms with Gasteiger partial charge in [0.15, 0.2) is 5.76 Å². The van der Waals surface area contributed by atoms with Gasteiger partial charge in [0.25, 0.3) is 0 Å². The van der Waals surface area contributed by atoms with E-state index in [1.54, 1.807) is 18.9 Å². The second kappa shape index (κ2) is 7.33. The molecule has 4 aromatic rings. The number of hydrogen-bond acceptors (Lipinski definition) is 6. The molecule has 2 aromatic carbocycles. The predicted molar refractivity (Wildman–Crippen MR) is 99.6 cm³/mol. The zero-order valence-electron chi connectivity index (χ0n) is 15.0. The molecule has 0 saturated heterocycles. The van der Waals surface area contributed by atoms with Crippen LogP contribution in [-0.4, -0.2) is 34.4 Å². The monoisotopic (exact) mass is 362 g/mol. The Morgan fingerprint density at radius 2 is 1.63 bits per heavy atom.